The van der Waals surface area contributed by atoms with E-state index in [0.29, 0.717) is 18.1 Å². The van der Waals surface area contributed by atoms with Crippen LogP contribution in [0.4, 0.5) is 5.82 Å². The maximum atomic E-state index is 11.3. The Morgan fingerprint density at radius 1 is 1.53 bits per heavy atom. The van der Waals surface area contributed by atoms with Gasteiger partial charge in [-0.25, -0.2) is 9.97 Å². The first kappa shape index (κ1) is 13.3. The number of amides is 1. The molecule has 6 nitrogen and oxygen atoms in total. The van der Waals surface area contributed by atoms with Crippen LogP contribution in [0.2, 0.25) is 0 Å². The normalized spacial score (nSPS) is 9.76. The lowest BCUT2D eigenvalue weighted by Crippen LogP contribution is -2.36. The lowest BCUT2D eigenvalue weighted by Gasteiger charge is -2.20. The van der Waals surface area contributed by atoms with Crippen LogP contribution < -0.4 is 16.0 Å². The molecule has 0 atom stereocenters. The summed E-state index contributed by atoms with van der Waals surface area (Å²) < 4.78 is 0. The summed E-state index contributed by atoms with van der Waals surface area (Å²) in [7, 11) is 1.60. The molecule has 3 N–H and O–H groups in total. The van der Waals surface area contributed by atoms with Crippen molar-refractivity contribution in [1.82, 2.24) is 15.3 Å². The van der Waals surface area contributed by atoms with Crippen molar-refractivity contribution in [1.29, 1.82) is 0 Å². The third kappa shape index (κ3) is 3.63. The van der Waals surface area contributed by atoms with E-state index in [-0.39, 0.29) is 17.4 Å². The molecule has 0 aromatic carbocycles. The van der Waals surface area contributed by atoms with Crippen molar-refractivity contribution in [3.8, 4) is 0 Å². The minimum absolute atomic E-state index is 0.0768. The van der Waals surface area contributed by atoms with Crippen LogP contribution in [0.5, 0.6) is 0 Å². The van der Waals surface area contributed by atoms with Crippen LogP contribution in [-0.2, 0) is 4.79 Å². The molecule has 17 heavy (non-hydrogen) atoms. The molecule has 0 unspecified atom stereocenters. The van der Waals surface area contributed by atoms with Gasteiger partial charge in [-0.3, -0.25) is 4.79 Å². The Hall–Kier alpha value is -1.76. The molecule has 0 aliphatic heterocycles. The zero-order valence-corrected chi connectivity index (χ0v) is 10.6. The van der Waals surface area contributed by atoms with Crippen molar-refractivity contribution in [2.24, 2.45) is 5.73 Å². The van der Waals surface area contributed by atoms with Gasteiger partial charge in [-0.1, -0.05) is 12.2 Å². The molecule has 92 valence electrons. The summed E-state index contributed by atoms with van der Waals surface area (Å²) in [6.45, 7) is 2.84. The fourth-order valence-electron chi connectivity index (χ4n) is 1.22. The lowest BCUT2D eigenvalue weighted by atomic mass is 10.4. The van der Waals surface area contributed by atoms with E-state index < -0.39 is 0 Å². The van der Waals surface area contributed by atoms with Crippen LogP contribution in [0.3, 0.4) is 0 Å². The van der Waals surface area contributed by atoms with Gasteiger partial charge in [-0.15, -0.1) is 0 Å². The second-order valence-electron chi connectivity index (χ2n) is 3.31. The number of nitrogens with one attached hydrogen (secondary N) is 1. The number of aromatic nitrogens is 2. The molecule has 0 aliphatic carbocycles. The minimum Gasteiger partial charge on any atom is -0.388 e. The first-order valence-corrected chi connectivity index (χ1v) is 5.56. The number of carbonyl (C=O) groups is 1. The molecule has 1 amide bonds. The molecule has 1 aromatic heterocycles. The first-order chi connectivity index (χ1) is 8.08. The van der Waals surface area contributed by atoms with Crippen molar-refractivity contribution >= 4 is 28.9 Å². The monoisotopic (exact) mass is 253 g/mol. The summed E-state index contributed by atoms with van der Waals surface area (Å²) in [5, 5.41) is 2.56. The fourth-order valence-corrected chi connectivity index (χ4v) is 1.32. The van der Waals surface area contributed by atoms with Crippen LogP contribution in [-0.4, -0.2) is 41.0 Å². The zero-order chi connectivity index (χ0) is 12.8. The highest BCUT2D eigenvalue weighted by atomic mass is 32.1. The topological polar surface area (TPSA) is 84.1 Å². The van der Waals surface area contributed by atoms with Crippen LogP contribution >= 0.6 is 12.2 Å². The van der Waals surface area contributed by atoms with Crippen molar-refractivity contribution in [2.45, 2.75) is 6.92 Å². The quantitative estimate of drug-likeness (QED) is 0.700. The van der Waals surface area contributed by atoms with Gasteiger partial charge in [-0.2, -0.15) is 0 Å². The van der Waals surface area contributed by atoms with Crippen LogP contribution in [0.25, 0.3) is 0 Å². The predicted molar refractivity (Wildman–Crippen MR) is 69.9 cm³/mol. The fraction of sp³-hybridized carbons (Fsp3) is 0.400. The average molecular weight is 253 g/mol. The standard InChI is InChI=1S/C10H15N5OS/c1-3-15(6-9(16)12-2)8-5-13-7(4-14-8)10(11)17/h4-5H,3,6H2,1-2H3,(H2,11,17)(H,12,16). The number of carbonyl (C=O) groups excluding carboxylic acids is 1. The van der Waals surface area contributed by atoms with E-state index in [9.17, 15) is 4.79 Å². The number of nitrogens with two attached hydrogens (primary N) is 1. The second-order valence-corrected chi connectivity index (χ2v) is 3.75. The van der Waals surface area contributed by atoms with Crippen molar-refractivity contribution < 1.29 is 4.79 Å². The van der Waals surface area contributed by atoms with E-state index in [4.69, 9.17) is 18.0 Å². The molecule has 1 heterocycles. The molecule has 0 radical (unpaired) electrons. The molecule has 1 rings (SSSR count). The molecule has 7 heteroatoms. The Morgan fingerprint density at radius 2 is 2.24 bits per heavy atom. The second kappa shape index (κ2) is 6.09. The van der Waals surface area contributed by atoms with Crippen LogP contribution in [0.15, 0.2) is 12.4 Å². The average Bonchev–Trinajstić information content (AvgIpc) is 2.35. The van der Waals surface area contributed by atoms with E-state index in [0.717, 1.165) is 0 Å². The summed E-state index contributed by atoms with van der Waals surface area (Å²) in [4.78, 5) is 21.5. The Labute approximate surface area is 105 Å². The molecule has 0 saturated heterocycles. The molecule has 1 aromatic rings. The molecular formula is C10H15N5OS. The Kier molecular flexibility index (Phi) is 4.77. The van der Waals surface area contributed by atoms with E-state index in [1.165, 1.54) is 6.20 Å². The van der Waals surface area contributed by atoms with E-state index in [1.807, 2.05) is 6.92 Å². The van der Waals surface area contributed by atoms with Gasteiger partial charge >= 0.3 is 0 Å². The third-order valence-corrected chi connectivity index (χ3v) is 2.42. The zero-order valence-electron chi connectivity index (χ0n) is 9.80. The number of hydrogen-bond donors (Lipinski definition) is 2. The molecule has 0 saturated carbocycles. The smallest absolute Gasteiger partial charge is 0.239 e. The van der Waals surface area contributed by atoms with Gasteiger partial charge in [0.1, 0.15) is 16.5 Å². The van der Waals surface area contributed by atoms with Gasteiger partial charge in [0, 0.05) is 13.6 Å². The SMILES string of the molecule is CCN(CC(=O)NC)c1cnc(C(N)=S)cn1. The number of thiocarbonyl (C=S) groups is 1. The van der Waals surface area contributed by atoms with Gasteiger partial charge in [0.15, 0.2) is 0 Å². The summed E-state index contributed by atoms with van der Waals surface area (Å²) in [6, 6.07) is 0. The number of rotatable bonds is 5. The largest absolute Gasteiger partial charge is 0.388 e. The lowest BCUT2D eigenvalue weighted by molar-refractivity contribution is -0.119. The highest BCUT2D eigenvalue weighted by molar-refractivity contribution is 7.80. The van der Waals surface area contributed by atoms with Crippen molar-refractivity contribution in [3.05, 3.63) is 18.1 Å². The summed E-state index contributed by atoms with van der Waals surface area (Å²) >= 11 is 4.79. The highest BCUT2D eigenvalue weighted by Gasteiger charge is 2.10. The molecular weight excluding hydrogens is 238 g/mol. The van der Waals surface area contributed by atoms with Gasteiger partial charge in [0.2, 0.25) is 5.91 Å². The summed E-state index contributed by atoms with van der Waals surface area (Å²) in [5.74, 6) is 0.545. The number of nitrogens with zero attached hydrogens (tertiary/aromatic N) is 3. The minimum atomic E-state index is -0.0768. The molecule has 0 fully saturated rings. The number of hydrogen-bond acceptors (Lipinski definition) is 5. The van der Waals surface area contributed by atoms with Gasteiger partial charge < -0.3 is 16.0 Å². The highest BCUT2D eigenvalue weighted by Crippen LogP contribution is 2.08. The van der Waals surface area contributed by atoms with Gasteiger partial charge in [0.25, 0.3) is 0 Å². The third-order valence-electron chi connectivity index (χ3n) is 2.21. The predicted octanol–water partition coefficient (Wildman–Crippen LogP) is -0.317. The van der Waals surface area contributed by atoms with Crippen LogP contribution in [0, 0.1) is 0 Å². The Morgan fingerprint density at radius 3 is 2.65 bits per heavy atom. The molecule has 0 bridgehead atoms. The van der Waals surface area contributed by atoms with Gasteiger partial charge in [-0.05, 0) is 6.92 Å². The van der Waals surface area contributed by atoms with Crippen LogP contribution in [0.1, 0.15) is 12.6 Å². The van der Waals surface area contributed by atoms with Crippen molar-refractivity contribution in [2.75, 3.05) is 25.0 Å². The molecule has 0 spiro atoms. The van der Waals surface area contributed by atoms with E-state index in [2.05, 4.69) is 15.3 Å². The number of likely N-dealkylation sites (N-methyl/N-ethyl adjacent to an activating group) is 2. The van der Waals surface area contributed by atoms with E-state index >= 15 is 0 Å². The van der Waals surface area contributed by atoms with Crippen molar-refractivity contribution in [3.63, 3.8) is 0 Å². The first-order valence-electron chi connectivity index (χ1n) is 5.15. The Bertz CT molecular complexity index is 406. The summed E-state index contributed by atoms with van der Waals surface area (Å²) in [6.07, 6.45) is 3.06. The number of anilines is 1. The summed E-state index contributed by atoms with van der Waals surface area (Å²) in [5.41, 5.74) is 5.90. The van der Waals surface area contributed by atoms with E-state index in [1.54, 1.807) is 18.1 Å². The van der Waals surface area contributed by atoms with Gasteiger partial charge in [0.05, 0.1) is 18.9 Å². The Balaban J connectivity index is 2.82. The maximum absolute atomic E-state index is 11.3. The maximum Gasteiger partial charge on any atom is 0.239 e. The molecule has 0 aliphatic rings.